The molecule has 1 atom stereocenters. The Morgan fingerprint density at radius 3 is 2.61 bits per heavy atom. The first kappa shape index (κ1) is 21.4. The number of benzene rings is 2. The van der Waals surface area contributed by atoms with Crippen LogP contribution in [0.1, 0.15) is 21.5 Å². The molecule has 4 rings (SSSR count). The molecule has 2 aromatic carbocycles. The van der Waals surface area contributed by atoms with Gasteiger partial charge in [0.2, 0.25) is 22.6 Å². The molecule has 2 heterocycles. The molecule has 0 spiro atoms. The Bertz CT molecular complexity index is 1100. The van der Waals surface area contributed by atoms with Crippen molar-refractivity contribution >= 4 is 15.9 Å². The third kappa shape index (κ3) is 3.82. The number of methoxy groups -OCH3 is 1. The zero-order valence-corrected chi connectivity index (χ0v) is 18.1. The monoisotopic (exact) mass is 448 g/mol. The molecule has 0 fully saturated rings. The number of carbonyl (C=O) groups is 1. The molecule has 9 nitrogen and oxygen atoms in total. The Kier molecular flexibility index (Phi) is 5.78. The van der Waals surface area contributed by atoms with E-state index in [0.717, 1.165) is 5.56 Å². The van der Waals surface area contributed by atoms with E-state index in [0.29, 0.717) is 24.9 Å². The standard InChI is InChI=1S/C21H24N2O7S/c1-23-9-8-15-16(21(23)25)17(28-2)18-19(30-12-29-18)20(15)31(26,27)22-14(11-24)10-13-6-4-3-5-7-13/h3-7,14,22,24H,8-12H2,1-2H3/t14-/m0/s1. The fraction of sp³-hybridized carbons (Fsp3) is 0.381. The normalized spacial score (nSPS) is 16.2. The second-order valence-corrected chi connectivity index (χ2v) is 9.10. The SMILES string of the molecule is COc1c2c(c(S(=O)(=O)N[C@H](CO)Cc3ccccc3)c3c1C(=O)N(C)CC3)OCO2. The first-order chi connectivity index (χ1) is 14.9. The van der Waals surface area contributed by atoms with Crippen LogP contribution in [0.15, 0.2) is 35.2 Å². The number of sulfonamides is 1. The largest absolute Gasteiger partial charge is 0.492 e. The van der Waals surface area contributed by atoms with Crippen LogP contribution in [-0.4, -0.2) is 64.5 Å². The average molecular weight is 448 g/mol. The fourth-order valence-electron chi connectivity index (χ4n) is 3.95. The molecule has 166 valence electrons. The maximum absolute atomic E-state index is 13.5. The van der Waals surface area contributed by atoms with E-state index < -0.39 is 22.7 Å². The highest BCUT2D eigenvalue weighted by atomic mass is 32.2. The third-order valence-corrected chi connectivity index (χ3v) is 7.04. The summed E-state index contributed by atoms with van der Waals surface area (Å²) in [6.07, 6.45) is 0.611. The van der Waals surface area contributed by atoms with E-state index in [4.69, 9.17) is 14.2 Å². The van der Waals surface area contributed by atoms with Crippen molar-refractivity contribution in [2.75, 3.05) is 34.1 Å². The van der Waals surface area contributed by atoms with Crippen molar-refractivity contribution in [1.29, 1.82) is 0 Å². The summed E-state index contributed by atoms with van der Waals surface area (Å²) < 4.78 is 45.9. The molecule has 31 heavy (non-hydrogen) atoms. The number of hydrogen-bond acceptors (Lipinski definition) is 7. The number of likely N-dealkylation sites (N-methyl/N-ethyl adjacent to an activating group) is 1. The van der Waals surface area contributed by atoms with E-state index in [9.17, 15) is 18.3 Å². The molecule has 0 aliphatic carbocycles. The van der Waals surface area contributed by atoms with Crippen LogP contribution in [0.4, 0.5) is 0 Å². The highest BCUT2D eigenvalue weighted by molar-refractivity contribution is 7.89. The Morgan fingerprint density at radius 2 is 1.94 bits per heavy atom. The topological polar surface area (TPSA) is 114 Å². The number of fused-ring (bicyclic) bond motifs is 2. The van der Waals surface area contributed by atoms with Gasteiger partial charge in [0.25, 0.3) is 5.91 Å². The average Bonchev–Trinajstić information content (AvgIpc) is 3.23. The maximum Gasteiger partial charge on any atom is 0.257 e. The summed E-state index contributed by atoms with van der Waals surface area (Å²) in [5.74, 6) is -0.0671. The van der Waals surface area contributed by atoms with Crippen molar-refractivity contribution in [2.24, 2.45) is 0 Å². The lowest BCUT2D eigenvalue weighted by molar-refractivity contribution is 0.0775. The molecule has 10 heteroatoms. The van der Waals surface area contributed by atoms with Crippen molar-refractivity contribution in [2.45, 2.75) is 23.8 Å². The van der Waals surface area contributed by atoms with Gasteiger partial charge < -0.3 is 24.2 Å². The maximum atomic E-state index is 13.5. The van der Waals surface area contributed by atoms with Gasteiger partial charge in [-0.15, -0.1) is 0 Å². The molecule has 0 aromatic heterocycles. The van der Waals surface area contributed by atoms with E-state index in [1.54, 1.807) is 7.05 Å². The van der Waals surface area contributed by atoms with E-state index in [2.05, 4.69) is 4.72 Å². The molecule has 2 N–H and O–H groups in total. The van der Waals surface area contributed by atoms with Gasteiger partial charge in [0.05, 0.1) is 19.3 Å². The molecule has 2 aliphatic rings. The predicted molar refractivity (Wildman–Crippen MR) is 111 cm³/mol. The smallest absolute Gasteiger partial charge is 0.257 e. The number of hydrogen-bond donors (Lipinski definition) is 2. The molecular formula is C21H24N2O7S. The van der Waals surface area contributed by atoms with Crippen LogP contribution in [-0.2, 0) is 22.9 Å². The second kappa shape index (κ2) is 8.37. The Labute approximate surface area is 180 Å². The summed E-state index contributed by atoms with van der Waals surface area (Å²) >= 11 is 0. The molecule has 2 aromatic rings. The first-order valence-electron chi connectivity index (χ1n) is 9.82. The van der Waals surface area contributed by atoms with Gasteiger partial charge in [-0.1, -0.05) is 30.3 Å². The van der Waals surface area contributed by atoms with Crippen LogP contribution in [0.3, 0.4) is 0 Å². The second-order valence-electron chi connectivity index (χ2n) is 7.45. The third-order valence-electron chi connectivity index (χ3n) is 5.43. The molecule has 0 saturated heterocycles. The van der Waals surface area contributed by atoms with Gasteiger partial charge in [-0.25, -0.2) is 13.1 Å². The summed E-state index contributed by atoms with van der Waals surface area (Å²) in [6.45, 7) is -0.229. The lowest BCUT2D eigenvalue weighted by atomic mass is 9.97. The predicted octanol–water partition coefficient (Wildman–Crippen LogP) is 0.934. The van der Waals surface area contributed by atoms with E-state index >= 15 is 0 Å². The number of amides is 1. The summed E-state index contributed by atoms with van der Waals surface area (Å²) in [5.41, 5.74) is 1.36. The Balaban J connectivity index is 1.80. The van der Waals surface area contributed by atoms with Crippen molar-refractivity contribution in [3.05, 3.63) is 47.0 Å². The van der Waals surface area contributed by atoms with Gasteiger partial charge in [-0.3, -0.25) is 4.79 Å². The Hall–Kier alpha value is -2.82. The lowest BCUT2D eigenvalue weighted by Crippen LogP contribution is -2.41. The van der Waals surface area contributed by atoms with Crippen LogP contribution < -0.4 is 18.9 Å². The van der Waals surface area contributed by atoms with Gasteiger partial charge in [0.15, 0.2) is 11.5 Å². The molecule has 0 unspecified atom stereocenters. The molecule has 2 aliphatic heterocycles. The fourth-order valence-corrected chi connectivity index (χ4v) is 5.59. The number of carbonyl (C=O) groups excluding carboxylic acids is 1. The van der Waals surface area contributed by atoms with Gasteiger partial charge in [-0.2, -0.15) is 0 Å². The van der Waals surface area contributed by atoms with Crippen LogP contribution >= 0.6 is 0 Å². The molecule has 1 amide bonds. The molecule has 0 radical (unpaired) electrons. The first-order valence-corrected chi connectivity index (χ1v) is 11.3. The lowest BCUT2D eigenvalue weighted by Gasteiger charge is -2.29. The highest BCUT2D eigenvalue weighted by Gasteiger charge is 2.41. The zero-order valence-electron chi connectivity index (χ0n) is 17.3. The van der Waals surface area contributed by atoms with Gasteiger partial charge in [0, 0.05) is 19.6 Å². The van der Waals surface area contributed by atoms with E-state index in [1.165, 1.54) is 12.0 Å². The quantitative estimate of drug-likeness (QED) is 0.648. The summed E-state index contributed by atoms with van der Waals surface area (Å²) in [7, 11) is -1.13. The van der Waals surface area contributed by atoms with Crippen molar-refractivity contribution in [3.8, 4) is 17.2 Å². The van der Waals surface area contributed by atoms with Crippen LogP contribution in [0.5, 0.6) is 17.2 Å². The number of ether oxygens (including phenoxy) is 3. The summed E-state index contributed by atoms with van der Waals surface area (Å²) in [5, 5.41) is 9.82. The molecular weight excluding hydrogens is 424 g/mol. The number of nitrogens with zero attached hydrogens (tertiary/aromatic N) is 1. The van der Waals surface area contributed by atoms with Gasteiger partial charge in [0.1, 0.15) is 4.90 Å². The van der Waals surface area contributed by atoms with Crippen LogP contribution in [0, 0.1) is 0 Å². The van der Waals surface area contributed by atoms with Gasteiger partial charge in [-0.05, 0) is 24.0 Å². The zero-order chi connectivity index (χ0) is 22.2. The number of aliphatic hydroxyl groups excluding tert-OH is 1. The number of rotatable bonds is 7. The minimum Gasteiger partial charge on any atom is -0.492 e. The highest BCUT2D eigenvalue weighted by Crippen LogP contribution is 2.51. The summed E-state index contributed by atoms with van der Waals surface area (Å²) in [4.78, 5) is 14.3. The van der Waals surface area contributed by atoms with Crippen molar-refractivity contribution in [1.82, 2.24) is 9.62 Å². The Morgan fingerprint density at radius 1 is 1.23 bits per heavy atom. The molecule has 0 bridgehead atoms. The number of aliphatic hydroxyl groups is 1. The van der Waals surface area contributed by atoms with Crippen molar-refractivity contribution < 1.29 is 32.5 Å². The van der Waals surface area contributed by atoms with Crippen LogP contribution in [0.2, 0.25) is 0 Å². The van der Waals surface area contributed by atoms with E-state index in [1.807, 2.05) is 30.3 Å². The minimum absolute atomic E-state index is 0.0249. The van der Waals surface area contributed by atoms with E-state index in [-0.39, 0.29) is 40.4 Å². The van der Waals surface area contributed by atoms with Crippen LogP contribution in [0.25, 0.3) is 0 Å². The van der Waals surface area contributed by atoms with Crippen molar-refractivity contribution in [3.63, 3.8) is 0 Å². The molecule has 0 saturated carbocycles. The number of nitrogens with one attached hydrogen (secondary N) is 1. The van der Waals surface area contributed by atoms with Gasteiger partial charge >= 0.3 is 0 Å². The summed E-state index contributed by atoms with van der Waals surface area (Å²) in [6, 6.07) is 8.51. The minimum atomic E-state index is -4.17.